The van der Waals surface area contributed by atoms with Gasteiger partial charge in [-0.15, -0.1) is 0 Å². The summed E-state index contributed by atoms with van der Waals surface area (Å²) in [5.74, 6) is 0.232. The van der Waals surface area contributed by atoms with E-state index in [9.17, 15) is 14.9 Å². The molecule has 3 rings (SSSR count). The van der Waals surface area contributed by atoms with E-state index in [4.69, 9.17) is 4.52 Å². The molecule has 8 heteroatoms. The van der Waals surface area contributed by atoms with Crippen molar-refractivity contribution < 1.29 is 14.2 Å². The minimum atomic E-state index is -0.614. The van der Waals surface area contributed by atoms with Gasteiger partial charge >= 0.3 is 5.82 Å². The lowest BCUT2D eigenvalue weighted by Gasteiger charge is -2.20. The van der Waals surface area contributed by atoms with Crippen LogP contribution in [0.1, 0.15) is 12.8 Å². The highest BCUT2D eigenvalue weighted by Crippen LogP contribution is 2.28. The second-order valence-corrected chi connectivity index (χ2v) is 4.32. The molecule has 1 aliphatic heterocycles. The summed E-state index contributed by atoms with van der Waals surface area (Å²) in [6, 6.07) is 3.00. The molecule has 98 valence electrons. The normalized spacial score (nSPS) is 18.9. The van der Waals surface area contributed by atoms with Crippen LogP contribution in [0.2, 0.25) is 0 Å². The number of aromatic nitrogens is 2. The van der Waals surface area contributed by atoms with Crippen LogP contribution in [-0.2, 0) is 4.79 Å². The van der Waals surface area contributed by atoms with Crippen molar-refractivity contribution >= 4 is 29.0 Å². The predicted molar refractivity (Wildman–Crippen MR) is 64.9 cm³/mol. The summed E-state index contributed by atoms with van der Waals surface area (Å²) in [7, 11) is 0. The molecule has 0 amide bonds. The van der Waals surface area contributed by atoms with Crippen molar-refractivity contribution in [2.24, 2.45) is 0 Å². The third kappa shape index (κ3) is 1.81. The standard InChI is InChI=1S/C11H10N4O4/c16-6-7-2-1-5-14(7)9-4-3-8-10(15(17)18)13-19-11(8)12-9/h3-4,6-7H,1-2,5H2/t7-/m0/s1. The Balaban J connectivity index is 2.03. The molecular formula is C11H10N4O4. The number of rotatable bonds is 3. The van der Waals surface area contributed by atoms with Crippen molar-refractivity contribution in [2.45, 2.75) is 18.9 Å². The molecule has 1 aliphatic rings. The van der Waals surface area contributed by atoms with E-state index in [0.29, 0.717) is 5.82 Å². The lowest BCUT2D eigenvalue weighted by molar-refractivity contribution is -0.389. The first-order valence-corrected chi connectivity index (χ1v) is 5.83. The Kier molecular flexibility index (Phi) is 2.62. The van der Waals surface area contributed by atoms with Gasteiger partial charge in [-0.2, -0.15) is 4.98 Å². The number of anilines is 1. The Morgan fingerprint density at radius 2 is 2.37 bits per heavy atom. The van der Waals surface area contributed by atoms with E-state index in [-0.39, 0.29) is 23.0 Å². The Morgan fingerprint density at radius 1 is 1.53 bits per heavy atom. The predicted octanol–water partition coefficient (Wildman–Crippen LogP) is 1.30. The molecule has 0 N–H and O–H groups in total. The van der Waals surface area contributed by atoms with E-state index < -0.39 is 4.92 Å². The quantitative estimate of drug-likeness (QED) is 0.466. The van der Waals surface area contributed by atoms with Crippen molar-refractivity contribution in [1.82, 2.24) is 10.1 Å². The average Bonchev–Trinajstić information content (AvgIpc) is 3.04. The Morgan fingerprint density at radius 3 is 3.11 bits per heavy atom. The largest absolute Gasteiger partial charge is 0.423 e. The summed E-state index contributed by atoms with van der Waals surface area (Å²) in [5, 5.41) is 14.4. The first-order chi connectivity index (χ1) is 9.20. The Labute approximate surface area is 107 Å². The summed E-state index contributed by atoms with van der Waals surface area (Å²) in [4.78, 5) is 27.1. The number of fused-ring (bicyclic) bond motifs is 1. The van der Waals surface area contributed by atoms with Gasteiger partial charge in [0.05, 0.1) is 6.04 Å². The van der Waals surface area contributed by atoms with Gasteiger partial charge in [0.1, 0.15) is 17.5 Å². The summed E-state index contributed by atoms with van der Waals surface area (Å²) in [5.41, 5.74) is 0.112. The van der Waals surface area contributed by atoms with E-state index in [1.165, 1.54) is 0 Å². The van der Waals surface area contributed by atoms with Crippen LogP contribution in [0.5, 0.6) is 0 Å². The van der Waals surface area contributed by atoms with E-state index in [1.807, 2.05) is 4.90 Å². The molecule has 0 bridgehead atoms. The fourth-order valence-electron chi connectivity index (χ4n) is 2.32. The maximum Gasteiger partial charge on any atom is 0.423 e. The monoisotopic (exact) mass is 262 g/mol. The molecule has 1 saturated heterocycles. The van der Waals surface area contributed by atoms with Crippen molar-refractivity contribution in [2.75, 3.05) is 11.4 Å². The van der Waals surface area contributed by atoms with Crippen LogP contribution in [0.15, 0.2) is 16.7 Å². The molecule has 0 unspecified atom stereocenters. The summed E-state index contributed by atoms with van der Waals surface area (Å²) >= 11 is 0. The molecule has 2 aromatic heterocycles. The third-order valence-electron chi connectivity index (χ3n) is 3.23. The maximum atomic E-state index is 11.0. The number of pyridine rings is 1. The van der Waals surface area contributed by atoms with Gasteiger partial charge in [0.25, 0.3) is 5.71 Å². The van der Waals surface area contributed by atoms with Crippen molar-refractivity contribution in [1.29, 1.82) is 0 Å². The maximum absolute atomic E-state index is 11.0. The first kappa shape index (κ1) is 11.6. The molecule has 19 heavy (non-hydrogen) atoms. The molecule has 0 aromatic carbocycles. The second kappa shape index (κ2) is 4.30. The van der Waals surface area contributed by atoms with Crippen LogP contribution in [0.3, 0.4) is 0 Å². The number of carbonyl (C=O) groups excluding carboxylic acids is 1. The van der Waals surface area contributed by atoms with Gasteiger partial charge in [0, 0.05) is 6.54 Å². The van der Waals surface area contributed by atoms with E-state index in [0.717, 1.165) is 25.7 Å². The Bertz CT molecular complexity index is 653. The molecular weight excluding hydrogens is 252 g/mol. The number of aldehydes is 1. The number of nitro groups is 1. The van der Waals surface area contributed by atoms with Gasteiger partial charge < -0.3 is 19.8 Å². The summed E-state index contributed by atoms with van der Waals surface area (Å²) in [6.07, 6.45) is 2.60. The molecule has 1 fully saturated rings. The van der Waals surface area contributed by atoms with Gasteiger partial charge in [-0.3, -0.25) is 0 Å². The topological polar surface area (TPSA) is 102 Å². The van der Waals surface area contributed by atoms with Gasteiger partial charge in [0.2, 0.25) is 0 Å². The van der Waals surface area contributed by atoms with Crippen LogP contribution < -0.4 is 4.90 Å². The van der Waals surface area contributed by atoms with Crippen LogP contribution in [0, 0.1) is 10.1 Å². The van der Waals surface area contributed by atoms with Gasteiger partial charge in [-0.05, 0) is 29.9 Å². The van der Waals surface area contributed by atoms with Crippen molar-refractivity contribution in [3.8, 4) is 0 Å². The molecule has 3 heterocycles. The molecule has 0 aliphatic carbocycles. The lowest BCUT2D eigenvalue weighted by atomic mass is 10.2. The fraction of sp³-hybridized carbons (Fsp3) is 0.364. The zero-order chi connectivity index (χ0) is 13.4. The van der Waals surface area contributed by atoms with Gasteiger partial charge in [0.15, 0.2) is 5.16 Å². The molecule has 1 atom stereocenters. The number of hydrogen-bond acceptors (Lipinski definition) is 7. The number of hydrogen-bond donors (Lipinski definition) is 0. The van der Waals surface area contributed by atoms with E-state index in [1.54, 1.807) is 12.1 Å². The van der Waals surface area contributed by atoms with Crippen molar-refractivity contribution in [3.05, 3.63) is 22.2 Å². The van der Waals surface area contributed by atoms with Crippen molar-refractivity contribution in [3.63, 3.8) is 0 Å². The summed E-state index contributed by atoms with van der Waals surface area (Å²) < 4.78 is 4.86. The van der Waals surface area contributed by atoms with Gasteiger partial charge in [-0.1, -0.05) is 0 Å². The van der Waals surface area contributed by atoms with Crippen LogP contribution in [0.25, 0.3) is 11.1 Å². The average molecular weight is 262 g/mol. The number of nitrogens with zero attached hydrogens (tertiary/aromatic N) is 4. The molecule has 0 spiro atoms. The third-order valence-corrected chi connectivity index (χ3v) is 3.23. The molecule has 8 nitrogen and oxygen atoms in total. The van der Waals surface area contributed by atoms with E-state index in [2.05, 4.69) is 10.1 Å². The Hall–Kier alpha value is -2.51. The van der Waals surface area contributed by atoms with Gasteiger partial charge in [-0.25, -0.2) is 4.52 Å². The van der Waals surface area contributed by atoms with Crippen LogP contribution in [-0.4, -0.2) is 33.9 Å². The van der Waals surface area contributed by atoms with Crippen LogP contribution in [0.4, 0.5) is 11.6 Å². The lowest BCUT2D eigenvalue weighted by Crippen LogP contribution is -2.30. The minimum absolute atomic E-state index is 0.112. The first-order valence-electron chi connectivity index (χ1n) is 5.83. The van der Waals surface area contributed by atoms with Crippen LogP contribution >= 0.6 is 0 Å². The highest BCUT2D eigenvalue weighted by atomic mass is 16.6. The zero-order valence-electron chi connectivity index (χ0n) is 9.85. The second-order valence-electron chi connectivity index (χ2n) is 4.32. The smallest absolute Gasteiger partial charge is 0.358 e. The zero-order valence-corrected chi connectivity index (χ0v) is 9.85. The highest BCUT2D eigenvalue weighted by molar-refractivity contribution is 5.83. The highest BCUT2D eigenvalue weighted by Gasteiger charge is 2.27. The summed E-state index contributed by atoms with van der Waals surface area (Å²) in [6.45, 7) is 0.734. The number of carbonyl (C=O) groups is 1. The fourth-order valence-corrected chi connectivity index (χ4v) is 2.32. The molecule has 0 radical (unpaired) electrons. The van der Waals surface area contributed by atoms with E-state index >= 15 is 0 Å². The SMILES string of the molecule is O=C[C@@H]1CCCN1c1ccc2c([N+](=O)[O-])noc2n1. The molecule has 0 saturated carbocycles. The minimum Gasteiger partial charge on any atom is -0.358 e. The molecule has 2 aromatic rings.